The Hall–Kier alpha value is -2.12. The summed E-state index contributed by atoms with van der Waals surface area (Å²) in [6.07, 6.45) is 12.1. The van der Waals surface area contributed by atoms with Crippen molar-refractivity contribution >= 4 is 6.09 Å². The molecule has 0 spiro atoms. The lowest BCUT2D eigenvalue weighted by molar-refractivity contribution is -0.178. The van der Waals surface area contributed by atoms with Crippen LogP contribution in [0.5, 0.6) is 0 Å². The van der Waals surface area contributed by atoms with Gasteiger partial charge in [-0.3, -0.25) is 0 Å². The topological polar surface area (TPSA) is 83.2 Å². The second-order valence-corrected chi connectivity index (χ2v) is 13.3. The van der Waals surface area contributed by atoms with Crippen molar-refractivity contribution in [1.29, 1.82) is 0 Å². The smallest absolute Gasteiger partial charge is 0.410 e. The first-order chi connectivity index (χ1) is 18.1. The molecule has 1 aromatic rings. The molecular formula is C31H44N2O5. The Labute approximate surface area is 226 Å². The summed E-state index contributed by atoms with van der Waals surface area (Å²) < 4.78 is 11.3. The molecule has 4 aliphatic carbocycles. The van der Waals surface area contributed by atoms with E-state index in [1.807, 2.05) is 11.0 Å². The zero-order chi connectivity index (χ0) is 26.7. The van der Waals surface area contributed by atoms with E-state index in [4.69, 9.17) is 9.15 Å². The second kappa shape index (κ2) is 9.51. The Morgan fingerprint density at radius 2 is 1.87 bits per heavy atom. The van der Waals surface area contributed by atoms with Crippen molar-refractivity contribution in [3.05, 3.63) is 46.0 Å². The number of allylic oxidation sites excluding steroid dienone is 1. The van der Waals surface area contributed by atoms with Gasteiger partial charge in [-0.2, -0.15) is 0 Å². The van der Waals surface area contributed by atoms with E-state index in [0.717, 1.165) is 89.5 Å². The van der Waals surface area contributed by atoms with Crippen LogP contribution in [0.4, 0.5) is 4.79 Å². The van der Waals surface area contributed by atoms with E-state index in [9.17, 15) is 14.7 Å². The summed E-state index contributed by atoms with van der Waals surface area (Å²) in [4.78, 5) is 28.7. The van der Waals surface area contributed by atoms with Crippen molar-refractivity contribution in [2.75, 3.05) is 33.2 Å². The molecule has 0 bridgehead atoms. The summed E-state index contributed by atoms with van der Waals surface area (Å²) in [5.41, 5.74) is 1.27. The molecule has 7 nitrogen and oxygen atoms in total. The lowest BCUT2D eigenvalue weighted by Crippen LogP contribution is -2.60. The Bertz CT molecular complexity index is 1140. The van der Waals surface area contributed by atoms with Crippen LogP contribution in [0.1, 0.15) is 83.1 Å². The number of nitrogens with zero attached hydrogens (tertiary/aromatic N) is 2. The molecule has 38 heavy (non-hydrogen) atoms. The summed E-state index contributed by atoms with van der Waals surface area (Å²) in [6, 6.07) is 3.41. The van der Waals surface area contributed by atoms with Crippen LogP contribution < -0.4 is 5.63 Å². The first kappa shape index (κ1) is 26.1. The van der Waals surface area contributed by atoms with E-state index in [2.05, 4.69) is 31.9 Å². The highest BCUT2D eigenvalue weighted by Gasteiger charge is 2.66. The molecule has 1 amide bonds. The molecule has 7 unspecified atom stereocenters. The Morgan fingerprint density at radius 1 is 1.03 bits per heavy atom. The van der Waals surface area contributed by atoms with Gasteiger partial charge in [-0.1, -0.05) is 19.4 Å². The molecule has 208 valence electrons. The van der Waals surface area contributed by atoms with E-state index in [0.29, 0.717) is 5.92 Å². The largest absolute Gasteiger partial charge is 0.442 e. The van der Waals surface area contributed by atoms with Crippen LogP contribution in [0.2, 0.25) is 0 Å². The van der Waals surface area contributed by atoms with Gasteiger partial charge in [-0.25, -0.2) is 9.59 Å². The monoisotopic (exact) mass is 524 g/mol. The molecule has 1 N–H and O–H groups in total. The van der Waals surface area contributed by atoms with Crippen LogP contribution in [-0.4, -0.2) is 65.9 Å². The number of hydrogen-bond donors (Lipinski definition) is 1. The molecule has 2 heterocycles. The van der Waals surface area contributed by atoms with Crippen molar-refractivity contribution in [2.24, 2.45) is 22.7 Å². The van der Waals surface area contributed by atoms with Gasteiger partial charge in [0.15, 0.2) is 0 Å². The number of aliphatic hydroxyl groups is 1. The predicted octanol–water partition coefficient (Wildman–Crippen LogP) is 4.94. The minimum Gasteiger partial charge on any atom is -0.442 e. The molecule has 3 saturated carbocycles. The molecule has 1 saturated heterocycles. The maximum Gasteiger partial charge on any atom is 0.410 e. The fourth-order valence-electron chi connectivity index (χ4n) is 9.29. The quantitative estimate of drug-likeness (QED) is 0.552. The Kier molecular flexibility index (Phi) is 6.54. The van der Waals surface area contributed by atoms with Crippen LogP contribution in [-0.2, 0) is 4.74 Å². The summed E-state index contributed by atoms with van der Waals surface area (Å²) in [5.74, 6) is 0.902. The van der Waals surface area contributed by atoms with Gasteiger partial charge in [0, 0.05) is 31.1 Å². The van der Waals surface area contributed by atoms with Gasteiger partial charge in [0.05, 0.1) is 11.9 Å². The third-order valence-electron chi connectivity index (χ3n) is 11.6. The van der Waals surface area contributed by atoms with Crippen molar-refractivity contribution in [2.45, 2.75) is 89.3 Å². The highest BCUT2D eigenvalue weighted by atomic mass is 16.6. The summed E-state index contributed by atoms with van der Waals surface area (Å²) in [7, 11) is 2.11. The van der Waals surface area contributed by atoms with Crippen molar-refractivity contribution in [3.8, 4) is 0 Å². The SMILES string of the molecule is CN1CCCN(C(=O)OC2C=C3CCC4C(CCC5(C)C(c6ccc(=O)oc6)CCC45O)C3(C)CC2)CC1. The Morgan fingerprint density at radius 3 is 2.66 bits per heavy atom. The molecule has 0 aromatic carbocycles. The average Bonchev–Trinajstić information content (AvgIpc) is 3.01. The van der Waals surface area contributed by atoms with Gasteiger partial charge in [-0.15, -0.1) is 0 Å². The van der Waals surface area contributed by atoms with E-state index in [1.165, 1.54) is 11.6 Å². The highest BCUT2D eigenvalue weighted by molar-refractivity contribution is 5.68. The molecular weight excluding hydrogens is 480 g/mol. The summed E-state index contributed by atoms with van der Waals surface area (Å²) in [5, 5.41) is 12.4. The van der Waals surface area contributed by atoms with E-state index < -0.39 is 5.60 Å². The maximum absolute atomic E-state index is 13.0. The first-order valence-corrected chi connectivity index (χ1v) is 14.8. The van der Waals surface area contributed by atoms with Gasteiger partial charge in [0.25, 0.3) is 0 Å². The fraction of sp³-hybridized carbons (Fsp3) is 0.742. The number of carbonyl (C=O) groups is 1. The Balaban J connectivity index is 1.18. The van der Waals surface area contributed by atoms with Crippen LogP contribution in [0.25, 0.3) is 0 Å². The molecule has 7 atom stereocenters. The van der Waals surface area contributed by atoms with Gasteiger partial charge in [0.1, 0.15) is 6.10 Å². The number of rotatable bonds is 2. The number of hydrogen-bond acceptors (Lipinski definition) is 6. The van der Waals surface area contributed by atoms with Crippen molar-refractivity contribution in [1.82, 2.24) is 9.80 Å². The predicted molar refractivity (Wildman–Crippen MR) is 145 cm³/mol. The minimum absolute atomic E-state index is 0.0474. The summed E-state index contributed by atoms with van der Waals surface area (Å²) >= 11 is 0. The maximum atomic E-state index is 13.0. The number of carbonyl (C=O) groups excluding carboxylic acids is 1. The van der Waals surface area contributed by atoms with Crippen LogP contribution in [0.15, 0.2) is 39.3 Å². The van der Waals surface area contributed by atoms with Crippen LogP contribution in [0.3, 0.4) is 0 Å². The average molecular weight is 525 g/mol. The van der Waals surface area contributed by atoms with Gasteiger partial charge in [0.2, 0.25) is 0 Å². The van der Waals surface area contributed by atoms with E-state index >= 15 is 0 Å². The first-order valence-electron chi connectivity index (χ1n) is 14.8. The fourth-order valence-corrected chi connectivity index (χ4v) is 9.29. The van der Waals surface area contributed by atoms with Gasteiger partial charge in [-0.05, 0) is 112 Å². The number of fused-ring (bicyclic) bond motifs is 5. The van der Waals surface area contributed by atoms with Crippen molar-refractivity contribution < 1.29 is 19.1 Å². The zero-order valence-corrected chi connectivity index (χ0v) is 23.3. The molecule has 4 fully saturated rings. The van der Waals surface area contributed by atoms with E-state index in [-0.39, 0.29) is 40.5 Å². The molecule has 5 aliphatic rings. The lowest BCUT2D eigenvalue weighted by atomic mass is 9.45. The third kappa shape index (κ3) is 4.07. The van der Waals surface area contributed by atoms with E-state index in [1.54, 1.807) is 6.26 Å². The van der Waals surface area contributed by atoms with Crippen molar-refractivity contribution in [3.63, 3.8) is 0 Å². The van der Waals surface area contributed by atoms with Gasteiger partial charge < -0.3 is 24.1 Å². The zero-order valence-electron chi connectivity index (χ0n) is 23.3. The molecule has 1 aromatic heterocycles. The van der Waals surface area contributed by atoms with Crippen LogP contribution in [0, 0.1) is 22.7 Å². The van der Waals surface area contributed by atoms with Crippen LogP contribution >= 0.6 is 0 Å². The molecule has 1 aliphatic heterocycles. The minimum atomic E-state index is -0.714. The highest BCUT2D eigenvalue weighted by Crippen LogP contribution is 2.70. The standard InChI is InChI=1S/C31H44N2O5/c1-29-12-9-23(38-28(35)33-16-4-15-32(3)17-18-33)19-22(29)6-7-26-25(29)10-13-30(2)24(11-14-31(26,30)36)21-5-8-27(34)37-20-21/h5,8,19-20,23-26,36H,4,6-7,9-18H2,1-3H3. The number of likely N-dealkylation sites (N-methyl/N-ethyl adjacent to an activating group) is 1. The number of amides is 1. The normalized spacial score (nSPS) is 41.4. The lowest BCUT2D eigenvalue weighted by Gasteiger charge is -2.61. The number of ether oxygens (including phenoxy) is 1. The summed E-state index contributed by atoms with van der Waals surface area (Å²) in [6.45, 7) is 8.09. The molecule has 7 heteroatoms. The third-order valence-corrected chi connectivity index (χ3v) is 11.6. The molecule has 0 radical (unpaired) electrons. The second-order valence-electron chi connectivity index (χ2n) is 13.3. The molecule has 6 rings (SSSR count). The van der Waals surface area contributed by atoms with Gasteiger partial charge >= 0.3 is 11.7 Å².